The lowest BCUT2D eigenvalue weighted by Crippen LogP contribution is -2.02. The minimum Gasteiger partial charge on any atom is -0.373 e. The zero-order valence-corrected chi connectivity index (χ0v) is 14.5. The molecule has 0 aliphatic carbocycles. The molecule has 0 unspecified atom stereocenters. The van der Waals surface area contributed by atoms with E-state index in [1.165, 1.54) is 18.3 Å². The standard InChI is InChI=1S/C20H12F4N4/c1-25-20-13-5-4-12(14-7-11(21)8-15(22)16(14)23)17(24)18(13)27-19(28-20)10-3-2-6-26-9-10/h2-9H,1H3,(H,25,27,28). The van der Waals surface area contributed by atoms with Crippen molar-refractivity contribution in [1.29, 1.82) is 0 Å². The lowest BCUT2D eigenvalue weighted by atomic mass is 10.0. The van der Waals surface area contributed by atoms with E-state index in [1.54, 1.807) is 25.4 Å². The molecule has 4 nitrogen and oxygen atoms in total. The van der Waals surface area contributed by atoms with Gasteiger partial charge in [0.1, 0.15) is 17.2 Å². The fourth-order valence-corrected chi connectivity index (χ4v) is 2.94. The number of aromatic nitrogens is 3. The Morgan fingerprint density at radius 3 is 2.43 bits per heavy atom. The second-order valence-electron chi connectivity index (χ2n) is 5.96. The zero-order valence-electron chi connectivity index (χ0n) is 14.5. The van der Waals surface area contributed by atoms with Crippen LogP contribution in [0.25, 0.3) is 33.4 Å². The smallest absolute Gasteiger partial charge is 0.166 e. The molecule has 4 rings (SSSR count). The SMILES string of the molecule is CNc1nc(-c2cccnc2)nc2c(F)c(-c3cc(F)cc(F)c3F)ccc12. The fourth-order valence-electron chi connectivity index (χ4n) is 2.94. The van der Waals surface area contributed by atoms with Crippen LogP contribution in [-0.4, -0.2) is 22.0 Å². The van der Waals surface area contributed by atoms with Crippen LogP contribution in [-0.2, 0) is 0 Å². The van der Waals surface area contributed by atoms with Crippen molar-refractivity contribution in [3.05, 3.63) is 72.1 Å². The number of pyridine rings is 1. The maximum atomic E-state index is 15.3. The van der Waals surface area contributed by atoms with E-state index in [0.717, 1.165) is 6.07 Å². The molecule has 8 heteroatoms. The van der Waals surface area contributed by atoms with Crippen molar-refractivity contribution in [2.45, 2.75) is 0 Å². The molecule has 0 amide bonds. The van der Waals surface area contributed by atoms with Crippen molar-refractivity contribution in [2.75, 3.05) is 12.4 Å². The molecule has 4 aromatic rings. The molecular weight excluding hydrogens is 372 g/mol. The van der Waals surface area contributed by atoms with Crippen LogP contribution in [0.4, 0.5) is 23.4 Å². The Morgan fingerprint density at radius 2 is 1.71 bits per heavy atom. The minimum atomic E-state index is -1.40. The number of fused-ring (bicyclic) bond motifs is 1. The predicted molar refractivity (Wildman–Crippen MR) is 97.6 cm³/mol. The monoisotopic (exact) mass is 384 g/mol. The van der Waals surface area contributed by atoms with E-state index >= 15 is 4.39 Å². The van der Waals surface area contributed by atoms with Crippen LogP contribution in [0.5, 0.6) is 0 Å². The molecule has 0 atom stereocenters. The summed E-state index contributed by atoms with van der Waals surface area (Å²) >= 11 is 0. The first kappa shape index (κ1) is 17.8. The molecule has 0 aliphatic rings. The number of hydrogen-bond donors (Lipinski definition) is 1. The van der Waals surface area contributed by atoms with E-state index < -0.39 is 28.8 Å². The van der Waals surface area contributed by atoms with Gasteiger partial charge in [-0.2, -0.15) is 0 Å². The summed E-state index contributed by atoms with van der Waals surface area (Å²) in [7, 11) is 1.61. The van der Waals surface area contributed by atoms with E-state index in [1.807, 2.05) is 0 Å². The van der Waals surface area contributed by atoms with Crippen LogP contribution in [0.3, 0.4) is 0 Å². The van der Waals surface area contributed by atoms with Gasteiger partial charge >= 0.3 is 0 Å². The molecule has 0 bridgehead atoms. The van der Waals surface area contributed by atoms with Gasteiger partial charge in [-0.15, -0.1) is 0 Å². The fraction of sp³-hybridized carbons (Fsp3) is 0.0500. The third-order valence-electron chi connectivity index (χ3n) is 4.25. The molecule has 140 valence electrons. The molecule has 0 fully saturated rings. The number of rotatable bonds is 3. The number of anilines is 1. The maximum absolute atomic E-state index is 15.3. The van der Waals surface area contributed by atoms with E-state index in [2.05, 4.69) is 20.3 Å². The molecule has 1 N–H and O–H groups in total. The Hall–Kier alpha value is -3.55. The summed E-state index contributed by atoms with van der Waals surface area (Å²) in [6.07, 6.45) is 3.09. The van der Waals surface area contributed by atoms with E-state index in [9.17, 15) is 13.2 Å². The van der Waals surface area contributed by atoms with Crippen LogP contribution < -0.4 is 5.32 Å². The number of halogens is 4. The first-order chi connectivity index (χ1) is 13.5. The molecular formula is C20H12F4N4. The minimum absolute atomic E-state index is 0.111. The largest absolute Gasteiger partial charge is 0.373 e. The third kappa shape index (κ3) is 2.92. The van der Waals surface area contributed by atoms with Gasteiger partial charge < -0.3 is 5.32 Å². The summed E-state index contributed by atoms with van der Waals surface area (Å²) in [5.74, 6) is -4.11. The number of hydrogen-bond acceptors (Lipinski definition) is 4. The highest BCUT2D eigenvalue weighted by molar-refractivity contribution is 5.94. The van der Waals surface area contributed by atoms with E-state index in [4.69, 9.17) is 0 Å². The molecule has 2 aromatic heterocycles. The van der Waals surface area contributed by atoms with Crippen molar-refractivity contribution >= 4 is 16.7 Å². The van der Waals surface area contributed by atoms with Crippen molar-refractivity contribution in [2.24, 2.45) is 0 Å². The Labute approximate surface area is 156 Å². The van der Waals surface area contributed by atoms with Gasteiger partial charge in [-0.3, -0.25) is 4.98 Å². The van der Waals surface area contributed by atoms with Gasteiger partial charge in [0.2, 0.25) is 0 Å². The van der Waals surface area contributed by atoms with Crippen LogP contribution in [0.1, 0.15) is 0 Å². The van der Waals surface area contributed by atoms with Crippen LogP contribution in [0.2, 0.25) is 0 Å². The Morgan fingerprint density at radius 1 is 0.893 bits per heavy atom. The summed E-state index contributed by atoms with van der Waals surface area (Å²) in [6, 6.07) is 7.23. The molecule has 2 heterocycles. The van der Waals surface area contributed by atoms with Crippen molar-refractivity contribution in [3.8, 4) is 22.5 Å². The second kappa shape index (κ2) is 6.88. The molecule has 28 heavy (non-hydrogen) atoms. The molecule has 2 aromatic carbocycles. The summed E-state index contributed by atoms with van der Waals surface area (Å²) < 4.78 is 56.6. The topological polar surface area (TPSA) is 50.7 Å². The van der Waals surface area contributed by atoms with Crippen LogP contribution in [0, 0.1) is 23.3 Å². The Balaban J connectivity index is 2.01. The van der Waals surface area contributed by atoms with E-state index in [0.29, 0.717) is 22.8 Å². The van der Waals surface area contributed by atoms with Crippen molar-refractivity contribution < 1.29 is 17.6 Å². The highest BCUT2D eigenvalue weighted by Crippen LogP contribution is 2.34. The molecule has 0 radical (unpaired) electrons. The average molecular weight is 384 g/mol. The normalized spacial score (nSPS) is 11.0. The number of nitrogens with one attached hydrogen (secondary N) is 1. The Bertz CT molecular complexity index is 1200. The van der Waals surface area contributed by atoms with Crippen molar-refractivity contribution in [1.82, 2.24) is 15.0 Å². The van der Waals surface area contributed by atoms with E-state index in [-0.39, 0.29) is 16.9 Å². The number of nitrogens with zero attached hydrogens (tertiary/aromatic N) is 3. The van der Waals surface area contributed by atoms with Gasteiger partial charge in [-0.1, -0.05) is 6.07 Å². The summed E-state index contributed by atoms with van der Waals surface area (Å²) in [6.45, 7) is 0. The molecule has 0 spiro atoms. The van der Waals surface area contributed by atoms with Gasteiger partial charge in [-0.25, -0.2) is 27.5 Å². The van der Waals surface area contributed by atoms with Crippen molar-refractivity contribution in [3.63, 3.8) is 0 Å². The first-order valence-corrected chi connectivity index (χ1v) is 8.23. The van der Waals surface area contributed by atoms with Gasteiger partial charge in [0, 0.05) is 47.6 Å². The first-order valence-electron chi connectivity index (χ1n) is 8.23. The average Bonchev–Trinajstić information content (AvgIpc) is 2.71. The maximum Gasteiger partial charge on any atom is 0.166 e. The predicted octanol–water partition coefficient (Wildman–Crippen LogP) is 4.96. The van der Waals surface area contributed by atoms with Gasteiger partial charge in [-0.05, 0) is 24.3 Å². The Kier molecular flexibility index (Phi) is 4.38. The summed E-state index contributed by atoms with van der Waals surface area (Å²) in [5.41, 5.74) is -0.390. The zero-order chi connectivity index (χ0) is 19.8. The molecule has 0 aliphatic heterocycles. The lowest BCUT2D eigenvalue weighted by molar-refractivity contribution is 0.497. The van der Waals surface area contributed by atoms with Crippen LogP contribution in [0.15, 0.2) is 48.8 Å². The molecule has 0 saturated heterocycles. The van der Waals surface area contributed by atoms with Gasteiger partial charge in [0.25, 0.3) is 0 Å². The number of benzene rings is 2. The van der Waals surface area contributed by atoms with Crippen LogP contribution >= 0.6 is 0 Å². The van der Waals surface area contributed by atoms with Gasteiger partial charge in [0.15, 0.2) is 23.3 Å². The third-order valence-corrected chi connectivity index (χ3v) is 4.25. The highest BCUT2D eigenvalue weighted by Gasteiger charge is 2.20. The summed E-state index contributed by atoms with van der Waals surface area (Å²) in [5, 5.41) is 3.21. The lowest BCUT2D eigenvalue weighted by Gasteiger charge is -2.12. The quantitative estimate of drug-likeness (QED) is 0.401. The second-order valence-corrected chi connectivity index (χ2v) is 5.96. The molecule has 0 saturated carbocycles. The highest BCUT2D eigenvalue weighted by atomic mass is 19.2. The summed E-state index contributed by atoms with van der Waals surface area (Å²) in [4.78, 5) is 12.6. The van der Waals surface area contributed by atoms with Gasteiger partial charge in [0.05, 0.1) is 0 Å².